The van der Waals surface area contributed by atoms with Gasteiger partial charge in [-0.1, -0.05) is 32.9 Å². The Morgan fingerprint density at radius 3 is 2.57 bits per heavy atom. The molecule has 5 nitrogen and oxygen atoms in total. The Labute approximate surface area is 127 Å². The van der Waals surface area contributed by atoms with E-state index >= 15 is 0 Å². The number of carbonyl (C=O) groups excluding carboxylic acids is 1. The van der Waals surface area contributed by atoms with E-state index in [0.29, 0.717) is 5.69 Å². The first-order chi connectivity index (χ1) is 9.83. The van der Waals surface area contributed by atoms with Crippen molar-refractivity contribution >= 4 is 5.91 Å². The first-order valence-electron chi connectivity index (χ1n) is 7.80. The number of hydrogen-bond donors (Lipinski definition) is 2. The molecule has 1 heterocycles. The van der Waals surface area contributed by atoms with E-state index in [0.717, 1.165) is 37.3 Å². The molecule has 0 fully saturated rings. The Bertz CT molecular complexity index is 466. The minimum atomic E-state index is -0.160. The van der Waals surface area contributed by atoms with Gasteiger partial charge in [0, 0.05) is 24.6 Å². The lowest BCUT2D eigenvalue weighted by molar-refractivity contribution is 0.0893. The summed E-state index contributed by atoms with van der Waals surface area (Å²) < 4.78 is 5.19. The number of nitrogens with zero attached hydrogens (tertiary/aromatic N) is 1. The Morgan fingerprint density at radius 2 is 2.05 bits per heavy atom. The number of rotatable bonds is 8. The van der Waals surface area contributed by atoms with E-state index in [1.807, 2.05) is 20.8 Å². The molecule has 0 aliphatic rings. The van der Waals surface area contributed by atoms with Gasteiger partial charge in [0.05, 0.1) is 0 Å². The average Bonchev–Trinajstić information content (AvgIpc) is 2.79. The zero-order chi connectivity index (χ0) is 16.0. The smallest absolute Gasteiger partial charge is 0.273 e. The van der Waals surface area contributed by atoms with Gasteiger partial charge >= 0.3 is 0 Å². The molecular weight excluding hydrogens is 266 g/mol. The molecule has 0 bridgehead atoms. The summed E-state index contributed by atoms with van der Waals surface area (Å²) in [5.41, 5.74) is 1.20. The molecular formula is C16H29N3O2. The highest BCUT2D eigenvalue weighted by molar-refractivity contribution is 5.93. The predicted octanol–water partition coefficient (Wildman–Crippen LogP) is 2.69. The Morgan fingerprint density at radius 1 is 1.38 bits per heavy atom. The van der Waals surface area contributed by atoms with Gasteiger partial charge in [-0.05, 0) is 32.2 Å². The molecule has 0 saturated carbocycles. The zero-order valence-electron chi connectivity index (χ0n) is 14.2. The van der Waals surface area contributed by atoms with Crippen LogP contribution in [0.25, 0.3) is 0 Å². The lowest BCUT2D eigenvalue weighted by Crippen LogP contribution is -2.47. The summed E-state index contributed by atoms with van der Waals surface area (Å²) in [5.74, 6) is 0.615. The van der Waals surface area contributed by atoms with E-state index in [1.54, 1.807) is 0 Å². The van der Waals surface area contributed by atoms with Gasteiger partial charge in [0.25, 0.3) is 5.91 Å². The van der Waals surface area contributed by atoms with Gasteiger partial charge in [0.2, 0.25) is 0 Å². The van der Waals surface area contributed by atoms with Gasteiger partial charge in [0.1, 0.15) is 5.76 Å². The lowest BCUT2D eigenvalue weighted by Gasteiger charge is -2.32. The summed E-state index contributed by atoms with van der Waals surface area (Å²) in [6, 6.07) is 0.0375. The molecule has 0 aromatic carbocycles. The van der Waals surface area contributed by atoms with Crippen molar-refractivity contribution in [2.45, 2.75) is 60.4 Å². The average molecular weight is 295 g/mol. The maximum Gasteiger partial charge on any atom is 0.273 e. The van der Waals surface area contributed by atoms with Crippen molar-refractivity contribution in [2.24, 2.45) is 5.41 Å². The fraction of sp³-hybridized carbons (Fsp3) is 0.750. The van der Waals surface area contributed by atoms with Crippen LogP contribution in [0.5, 0.6) is 0 Å². The van der Waals surface area contributed by atoms with E-state index in [9.17, 15) is 4.79 Å². The number of nitrogens with one attached hydrogen (secondary N) is 2. The molecule has 0 aliphatic heterocycles. The zero-order valence-corrected chi connectivity index (χ0v) is 14.2. The standard InChI is InChI=1S/C16H29N3O2/c1-7-9-17-10-16(5,6)12(4)18-15(20)14-11(3)13(8-2)21-19-14/h12,17H,7-10H2,1-6H3,(H,18,20). The second kappa shape index (κ2) is 7.59. The normalized spacial score (nSPS) is 13.2. The van der Waals surface area contributed by atoms with Crippen molar-refractivity contribution in [2.75, 3.05) is 13.1 Å². The van der Waals surface area contributed by atoms with Crippen LogP contribution in [0.1, 0.15) is 62.9 Å². The fourth-order valence-corrected chi connectivity index (χ4v) is 2.11. The van der Waals surface area contributed by atoms with Gasteiger partial charge in [-0.3, -0.25) is 4.79 Å². The van der Waals surface area contributed by atoms with Crippen molar-refractivity contribution in [1.29, 1.82) is 0 Å². The summed E-state index contributed by atoms with van der Waals surface area (Å²) in [6.45, 7) is 14.2. The van der Waals surface area contributed by atoms with E-state index in [4.69, 9.17) is 4.52 Å². The molecule has 5 heteroatoms. The number of amides is 1. The van der Waals surface area contributed by atoms with Gasteiger partial charge in [0.15, 0.2) is 5.69 Å². The van der Waals surface area contributed by atoms with Crippen molar-refractivity contribution < 1.29 is 9.32 Å². The molecule has 0 saturated heterocycles. The molecule has 0 spiro atoms. The van der Waals surface area contributed by atoms with Crippen LogP contribution in [0.2, 0.25) is 0 Å². The van der Waals surface area contributed by atoms with Crippen LogP contribution in [-0.2, 0) is 6.42 Å². The van der Waals surface area contributed by atoms with Crippen LogP contribution >= 0.6 is 0 Å². The molecule has 120 valence electrons. The largest absolute Gasteiger partial charge is 0.360 e. The molecule has 1 atom stereocenters. The minimum Gasteiger partial charge on any atom is -0.360 e. The highest BCUT2D eigenvalue weighted by Gasteiger charge is 2.28. The summed E-state index contributed by atoms with van der Waals surface area (Å²) in [5, 5.41) is 10.3. The van der Waals surface area contributed by atoms with Crippen LogP contribution in [0.15, 0.2) is 4.52 Å². The van der Waals surface area contributed by atoms with Crippen molar-refractivity contribution in [3.8, 4) is 0 Å². The van der Waals surface area contributed by atoms with E-state index in [2.05, 4.69) is 36.6 Å². The lowest BCUT2D eigenvalue weighted by atomic mass is 9.85. The number of hydrogen-bond acceptors (Lipinski definition) is 4. The molecule has 1 rings (SSSR count). The van der Waals surface area contributed by atoms with Gasteiger partial charge in [-0.2, -0.15) is 0 Å². The first-order valence-corrected chi connectivity index (χ1v) is 7.80. The van der Waals surface area contributed by atoms with Crippen molar-refractivity contribution in [3.63, 3.8) is 0 Å². The minimum absolute atomic E-state index is 0.0317. The molecule has 1 amide bonds. The third-order valence-electron chi connectivity index (χ3n) is 4.08. The van der Waals surface area contributed by atoms with E-state index in [-0.39, 0.29) is 17.4 Å². The van der Waals surface area contributed by atoms with Crippen LogP contribution in [0.4, 0.5) is 0 Å². The second-order valence-corrected chi connectivity index (χ2v) is 6.29. The summed E-state index contributed by atoms with van der Waals surface area (Å²) >= 11 is 0. The molecule has 1 aromatic rings. The number of aromatic nitrogens is 1. The molecule has 1 aromatic heterocycles. The molecule has 2 N–H and O–H groups in total. The highest BCUT2D eigenvalue weighted by atomic mass is 16.5. The third kappa shape index (κ3) is 4.56. The maximum atomic E-state index is 12.3. The Kier molecular flexibility index (Phi) is 6.40. The summed E-state index contributed by atoms with van der Waals surface area (Å²) in [4.78, 5) is 12.3. The molecule has 0 aliphatic carbocycles. The number of aryl methyl sites for hydroxylation is 1. The monoisotopic (exact) mass is 295 g/mol. The predicted molar refractivity (Wildman–Crippen MR) is 84.5 cm³/mol. The van der Waals surface area contributed by atoms with E-state index in [1.165, 1.54) is 0 Å². The third-order valence-corrected chi connectivity index (χ3v) is 4.08. The van der Waals surface area contributed by atoms with Gasteiger partial charge in [-0.15, -0.1) is 0 Å². The molecule has 21 heavy (non-hydrogen) atoms. The second-order valence-electron chi connectivity index (χ2n) is 6.29. The van der Waals surface area contributed by atoms with Gasteiger partial charge in [-0.25, -0.2) is 0 Å². The van der Waals surface area contributed by atoms with Gasteiger partial charge < -0.3 is 15.2 Å². The van der Waals surface area contributed by atoms with Crippen molar-refractivity contribution in [1.82, 2.24) is 15.8 Å². The molecule has 1 unspecified atom stereocenters. The quantitative estimate of drug-likeness (QED) is 0.724. The Balaban J connectivity index is 2.66. The molecule has 0 radical (unpaired) electrons. The van der Waals surface area contributed by atoms with Crippen LogP contribution in [0, 0.1) is 12.3 Å². The summed E-state index contributed by atoms with van der Waals surface area (Å²) in [7, 11) is 0. The van der Waals surface area contributed by atoms with E-state index < -0.39 is 0 Å². The summed E-state index contributed by atoms with van der Waals surface area (Å²) in [6.07, 6.45) is 1.85. The van der Waals surface area contributed by atoms with Crippen molar-refractivity contribution in [3.05, 3.63) is 17.0 Å². The first kappa shape index (κ1) is 17.7. The van der Waals surface area contributed by atoms with Crippen LogP contribution in [-0.4, -0.2) is 30.2 Å². The highest BCUT2D eigenvalue weighted by Crippen LogP contribution is 2.20. The topological polar surface area (TPSA) is 67.2 Å². The Hall–Kier alpha value is -1.36. The number of carbonyl (C=O) groups is 1. The SMILES string of the molecule is CCCNCC(C)(C)C(C)NC(=O)c1noc(CC)c1C. The maximum absolute atomic E-state index is 12.3. The fourth-order valence-electron chi connectivity index (χ4n) is 2.11. The van der Waals surface area contributed by atoms with Crippen LogP contribution < -0.4 is 10.6 Å². The van der Waals surface area contributed by atoms with Crippen LogP contribution in [0.3, 0.4) is 0 Å².